The van der Waals surface area contributed by atoms with E-state index < -0.39 is 11.9 Å². The lowest BCUT2D eigenvalue weighted by Crippen LogP contribution is -2.25. The summed E-state index contributed by atoms with van der Waals surface area (Å²) in [7, 11) is 1.77. The van der Waals surface area contributed by atoms with Gasteiger partial charge in [0.05, 0.1) is 17.8 Å². The highest BCUT2D eigenvalue weighted by molar-refractivity contribution is 5.94. The van der Waals surface area contributed by atoms with Crippen LogP contribution >= 0.6 is 0 Å². The number of amides is 1. The SMILES string of the molecule is Cc1nc(C(=O)NCc2nncn2C)ccc1C(=O)O. The zero-order valence-corrected chi connectivity index (χ0v) is 11.0. The number of carboxylic acid groups (broad SMARTS) is 1. The molecular formula is C12H13N5O3. The second-order valence-corrected chi connectivity index (χ2v) is 4.18. The summed E-state index contributed by atoms with van der Waals surface area (Å²) in [5, 5.41) is 19.1. The topological polar surface area (TPSA) is 110 Å². The van der Waals surface area contributed by atoms with Crippen LogP contribution in [-0.4, -0.2) is 36.7 Å². The van der Waals surface area contributed by atoms with Crippen molar-refractivity contribution in [2.75, 3.05) is 0 Å². The van der Waals surface area contributed by atoms with Crippen molar-refractivity contribution in [3.63, 3.8) is 0 Å². The van der Waals surface area contributed by atoms with Crippen molar-refractivity contribution in [2.45, 2.75) is 13.5 Å². The number of aryl methyl sites for hydroxylation is 2. The molecule has 1 amide bonds. The average Bonchev–Trinajstić information content (AvgIpc) is 2.81. The minimum absolute atomic E-state index is 0.0786. The first kappa shape index (κ1) is 13.7. The van der Waals surface area contributed by atoms with Crippen molar-refractivity contribution in [3.05, 3.63) is 41.2 Å². The van der Waals surface area contributed by atoms with E-state index in [9.17, 15) is 9.59 Å². The first-order chi connectivity index (χ1) is 9.49. The van der Waals surface area contributed by atoms with E-state index in [0.717, 1.165) is 0 Å². The molecule has 0 fully saturated rings. The van der Waals surface area contributed by atoms with Crippen molar-refractivity contribution in [2.24, 2.45) is 7.05 Å². The van der Waals surface area contributed by atoms with Gasteiger partial charge in [-0.15, -0.1) is 10.2 Å². The molecule has 8 heteroatoms. The molecule has 2 aromatic rings. The van der Waals surface area contributed by atoms with Gasteiger partial charge in [0.1, 0.15) is 12.0 Å². The molecule has 8 nitrogen and oxygen atoms in total. The van der Waals surface area contributed by atoms with Gasteiger partial charge in [-0.2, -0.15) is 0 Å². The molecule has 0 bridgehead atoms. The molecule has 0 saturated heterocycles. The van der Waals surface area contributed by atoms with Crippen LogP contribution in [0.15, 0.2) is 18.5 Å². The summed E-state index contributed by atoms with van der Waals surface area (Å²) in [6, 6.07) is 2.74. The molecular weight excluding hydrogens is 262 g/mol. The summed E-state index contributed by atoms with van der Waals surface area (Å²) in [5.74, 6) is -0.855. The van der Waals surface area contributed by atoms with Gasteiger partial charge in [0.2, 0.25) is 0 Å². The van der Waals surface area contributed by atoms with Gasteiger partial charge in [0.25, 0.3) is 5.91 Å². The van der Waals surface area contributed by atoms with Crippen LogP contribution < -0.4 is 5.32 Å². The van der Waals surface area contributed by atoms with Crippen LogP contribution in [-0.2, 0) is 13.6 Å². The summed E-state index contributed by atoms with van der Waals surface area (Å²) >= 11 is 0. The fourth-order valence-electron chi connectivity index (χ4n) is 1.63. The average molecular weight is 275 g/mol. The van der Waals surface area contributed by atoms with Gasteiger partial charge in [0.15, 0.2) is 5.82 Å². The number of carbonyl (C=O) groups is 2. The minimum atomic E-state index is -1.07. The van der Waals surface area contributed by atoms with E-state index in [1.54, 1.807) is 18.5 Å². The van der Waals surface area contributed by atoms with E-state index in [-0.39, 0.29) is 17.8 Å². The molecule has 0 aromatic carbocycles. The Bertz CT molecular complexity index is 665. The Morgan fingerprint density at radius 2 is 2.15 bits per heavy atom. The Morgan fingerprint density at radius 3 is 2.70 bits per heavy atom. The molecule has 2 rings (SSSR count). The van der Waals surface area contributed by atoms with Crippen LogP contribution in [0.2, 0.25) is 0 Å². The van der Waals surface area contributed by atoms with Crippen molar-refractivity contribution >= 4 is 11.9 Å². The Labute approximate surface area is 114 Å². The van der Waals surface area contributed by atoms with E-state index in [1.165, 1.54) is 18.5 Å². The lowest BCUT2D eigenvalue weighted by molar-refractivity contribution is 0.0694. The minimum Gasteiger partial charge on any atom is -0.478 e. The van der Waals surface area contributed by atoms with Crippen LogP contribution in [0.4, 0.5) is 0 Å². The third-order valence-corrected chi connectivity index (χ3v) is 2.76. The van der Waals surface area contributed by atoms with Gasteiger partial charge in [0, 0.05) is 7.05 Å². The zero-order valence-electron chi connectivity index (χ0n) is 11.0. The second kappa shape index (κ2) is 5.47. The van der Waals surface area contributed by atoms with E-state index in [4.69, 9.17) is 5.11 Å². The number of aromatic carboxylic acids is 1. The van der Waals surface area contributed by atoms with Gasteiger partial charge >= 0.3 is 5.97 Å². The molecule has 0 radical (unpaired) electrons. The number of rotatable bonds is 4. The molecule has 0 aliphatic carbocycles. The number of nitrogens with zero attached hydrogens (tertiary/aromatic N) is 4. The fourth-order valence-corrected chi connectivity index (χ4v) is 1.63. The molecule has 0 saturated carbocycles. The molecule has 2 heterocycles. The van der Waals surface area contributed by atoms with Crippen LogP contribution in [0.25, 0.3) is 0 Å². The number of hydrogen-bond donors (Lipinski definition) is 2. The maximum Gasteiger partial charge on any atom is 0.337 e. The molecule has 0 atom stereocenters. The van der Waals surface area contributed by atoms with Gasteiger partial charge in [-0.3, -0.25) is 4.79 Å². The summed E-state index contributed by atoms with van der Waals surface area (Å²) in [6.07, 6.45) is 1.53. The molecule has 2 aromatic heterocycles. The van der Waals surface area contributed by atoms with Crippen molar-refractivity contribution in [1.82, 2.24) is 25.1 Å². The maximum atomic E-state index is 11.9. The predicted octanol–water partition coefficient (Wildman–Crippen LogP) is 0.147. The van der Waals surface area contributed by atoms with Crippen LogP contribution in [0.5, 0.6) is 0 Å². The highest BCUT2D eigenvalue weighted by atomic mass is 16.4. The van der Waals surface area contributed by atoms with Crippen molar-refractivity contribution in [3.8, 4) is 0 Å². The number of hydrogen-bond acceptors (Lipinski definition) is 5. The normalized spacial score (nSPS) is 10.3. The fraction of sp³-hybridized carbons (Fsp3) is 0.250. The van der Waals surface area contributed by atoms with E-state index in [0.29, 0.717) is 11.5 Å². The monoisotopic (exact) mass is 275 g/mol. The van der Waals surface area contributed by atoms with Gasteiger partial charge in [-0.1, -0.05) is 0 Å². The smallest absolute Gasteiger partial charge is 0.337 e. The number of carbonyl (C=O) groups excluding carboxylic acids is 1. The summed E-state index contributed by atoms with van der Waals surface area (Å²) in [4.78, 5) is 26.8. The summed E-state index contributed by atoms with van der Waals surface area (Å²) < 4.78 is 1.69. The van der Waals surface area contributed by atoms with Crippen molar-refractivity contribution in [1.29, 1.82) is 0 Å². The molecule has 2 N–H and O–H groups in total. The van der Waals surface area contributed by atoms with E-state index in [2.05, 4.69) is 20.5 Å². The van der Waals surface area contributed by atoms with Crippen LogP contribution in [0, 0.1) is 6.92 Å². The van der Waals surface area contributed by atoms with Gasteiger partial charge in [-0.05, 0) is 19.1 Å². The van der Waals surface area contributed by atoms with Gasteiger partial charge < -0.3 is 15.0 Å². The standard InChI is InChI=1S/C12H13N5O3/c1-7-8(12(19)20)3-4-9(15-7)11(18)13-5-10-16-14-6-17(10)2/h3-4,6H,5H2,1-2H3,(H,13,18)(H,19,20). The number of pyridine rings is 1. The Hall–Kier alpha value is -2.77. The third kappa shape index (κ3) is 2.79. The molecule has 104 valence electrons. The lowest BCUT2D eigenvalue weighted by Gasteiger charge is -2.06. The van der Waals surface area contributed by atoms with Crippen LogP contribution in [0.1, 0.15) is 32.4 Å². The number of nitrogens with one attached hydrogen (secondary N) is 1. The number of aromatic nitrogens is 4. The lowest BCUT2D eigenvalue weighted by atomic mass is 10.2. The Kier molecular flexibility index (Phi) is 3.74. The summed E-state index contributed by atoms with van der Waals surface area (Å²) in [5.41, 5.74) is 0.535. The highest BCUT2D eigenvalue weighted by Gasteiger charge is 2.13. The first-order valence-corrected chi connectivity index (χ1v) is 5.81. The Balaban J connectivity index is 2.08. The van der Waals surface area contributed by atoms with E-state index >= 15 is 0 Å². The molecule has 0 aliphatic rings. The molecule has 0 unspecified atom stereocenters. The maximum absolute atomic E-state index is 11.9. The quantitative estimate of drug-likeness (QED) is 0.821. The predicted molar refractivity (Wildman–Crippen MR) is 68.1 cm³/mol. The Morgan fingerprint density at radius 1 is 1.40 bits per heavy atom. The third-order valence-electron chi connectivity index (χ3n) is 2.76. The molecule has 20 heavy (non-hydrogen) atoms. The second-order valence-electron chi connectivity index (χ2n) is 4.18. The van der Waals surface area contributed by atoms with Crippen molar-refractivity contribution < 1.29 is 14.7 Å². The van der Waals surface area contributed by atoms with E-state index in [1.807, 2.05) is 0 Å². The number of carboxylic acids is 1. The summed E-state index contributed by atoms with van der Waals surface area (Å²) in [6.45, 7) is 1.76. The zero-order chi connectivity index (χ0) is 14.7. The highest BCUT2D eigenvalue weighted by Crippen LogP contribution is 2.07. The first-order valence-electron chi connectivity index (χ1n) is 5.81. The largest absolute Gasteiger partial charge is 0.478 e. The molecule has 0 spiro atoms. The van der Waals surface area contributed by atoms with Crippen LogP contribution in [0.3, 0.4) is 0 Å². The van der Waals surface area contributed by atoms with Gasteiger partial charge in [-0.25, -0.2) is 9.78 Å². The molecule has 0 aliphatic heterocycles.